The molecule has 2 atom stereocenters. The first-order chi connectivity index (χ1) is 9.69. The lowest BCUT2D eigenvalue weighted by atomic mass is 9.88. The minimum absolute atomic E-state index is 0.170. The number of ether oxygens (including phenoxy) is 1. The van der Waals surface area contributed by atoms with Crippen molar-refractivity contribution < 1.29 is 9.53 Å². The second kappa shape index (κ2) is 7.14. The molecule has 2 unspecified atom stereocenters. The smallest absolute Gasteiger partial charge is 0.319 e. The van der Waals surface area contributed by atoms with Crippen molar-refractivity contribution in [3.63, 3.8) is 0 Å². The molecule has 1 saturated heterocycles. The highest BCUT2D eigenvalue weighted by molar-refractivity contribution is 5.89. The summed E-state index contributed by atoms with van der Waals surface area (Å²) in [5.41, 5.74) is 0.733. The Balaban J connectivity index is 1.79. The number of carbonyl (C=O) groups excluding carboxylic acids is 1. The van der Waals surface area contributed by atoms with E-state index in [0.717, 1.165) is 24.5 Å². The maximum atomic E-state index is 11.9. The summed E-state index contributed by atoms with van der Waals surface area (Å²) in [6, 6.07) is 7.16. The average molecular weight is 277 g/mol. The molecule has 1 aliphatic rings. The summed E-state index contributed by atoms with van der Waals surface area (Å²) < 4.78 is 5.13. The number of methoxy groups -OCH3 is 1. The van der Waals surface area contributed by atoms with Crippen molar-refractivity contribution in [3.8, 4) is 5.75 Å². The van der Waals surface area contributed by atoms with E-state index < -0.39 is 0 Å². The Morgan fingerprint density at radius 1 is 1.50 bits per heavy atom. The van der Waals surface area contributed by atoms with Crippen LogP contribution in [-0.4, -0.2) is 32.8 Å². The summed E-state index contributed by atoms with van der Waals surface area (Å²) >= 11 is 0. The minimum Gasteiger partial charge on any atom is -0.497 e. The predicted octanol–water partition coefficient (Wildman–Crippen LogP) is 2.06. The lowest BCUT2D eigenvalue weighted by Crippen LogP contribution is -2.43. The van der Waals surface area contributed by atoms with E-state index in [2.05, 4.69) is 22.9 Å². The van der Waals surface area contributed by atoms with Gasteiger partial charge in [-0.3, -0.25) is 0 Å². The van der Waals surface area contributed by atoms with Crippen molar-refractivity contribution in [2.45, 2.75) is 13.3 Å². The van der Waals surface area contributed by atoms with Crippen molar-refractivity contribution in [2.75, 3.05) is 32.1 Å². The molecule has 0 bridgehead atoms. The van der Waals surface area contributed by atoms with Crippen LogP contribution in [-0.2, 0) is 0 Å². The number of rotatable bonds is 4. The molecule has 0 radical (unpaired) electrons. The van der Waals surface area contributed by atoms with E-state index in [1.807, 2.05) is 18.2 Å². The van der Waals surface area contributed by atoms with Crippen LogP contribution >= 0.6 is 0 Å². The highest BCUT2D eigenvalue weighted by Gasteiger charge is 2.21. The van der Waals surface area contributed by atoms with Crippen LogP contribution in [0, 0.1) is 11.8 Å². The second-order valence-corrected chi connectivity index (χ2v) is 5.30. The number of carbonyl (C=O) groups is 1. The fraction of sp³-hybridized carbons (Fsp3) is 0.533. The summed E-state index contributed by atoms with van der Waals surface area (Å²) in [5, 5.41) is 9.12. The number of benzene rings is 1. The SMILES string of the molecule is COc1cccc(NC(=O)NCC2CNCCC2C)c1. The zero-order valence-electron chi connectivity index (χ0n) is 12.1. The maximum Gasteiger partial charge on any atom is 0.319 e. The van der Waals surface area contributed by atoms with Gasteiger partial charge in [-0.1, -0.05) is 13.0 Å². The first-order valence-electron chi connectivity index (χ1n) is 7.08. The van der Waals surface area contributed by atoms with Gasteiger partial charge in [-0.25, -0.2) is 4.79 Å². The lowest BCUT2D eigenvalue weighted by Gasteiger charge is -2.29. The number of hydrogen-bond acceptors (Lipinski definition) is 3. The molecule has 1 aromatic rings. The highest BCUT2D eigenvalue weighted by Crippen LogP contribution is 2.18. The fourth-order valence-corrected chi connectivity index (χ4v) is 2.43. The van der Waals surface area contributed by atoms with E-state index in [-0.39, 0.29) is 6.03 Å². The van der Waals surface area contributed by atoms with Crippen molar-refractivity contribution in [1.29, 1.82) is 0 Å². The summed E-state index contributed by atoms with van der Waals surface area (Å²) in [6.07, 6.45) is 1.17. The van der Waals surface area contributed by atoms with Crippen molar-refractivity contribution >= 4 is 11.7 Å². The molecule has 5 heteroatoms. The number of amides is 2. The predicted molar refractivity (Wildman–Crippen MR) is 80.2 cm³/mol. The summed E-state index contributed by atoms with van der Waals surface area (Å²) in [6.45, 7) is 4.99. The number of nitrogens with one attached hydrogen (secondary N) is 3. The van der Waals surface area contributed by atoms with Gasteiger partial charge < -0.3 is 20.7 Å². The van der Waals surface area contributed by atoms with Gasteiger partial charge in [0, 0.05) is 18.3 Å². The fourth-order valence-electron chi connectivity index (χ4n) is 2.43. The van der Waals surface area contributed by atoms with Crippen LogP contribution < -0.4 is 20.7 Å². The molecule has 5 nitrogen and oxygen atoms in total. The third kappa shape index (κ3) is 4.13. The molecule has 0 saturated carbocycles. The van der Waals surface area contributed by atoms with Gasteiger partial charge in [-0.15, -0.1) is 0 Å². The van der Waals surface area contributed by atoms with Crippen LogP contribution in [0.2, 0.25) is 0 Å². The van der Waals surface area contributed by atoms with E-state index in [0.29, 0.717) is 18.4 Å². The second-order valence-electron chi connectivity index (χ2n) is 5.30. The van der Waals surface area contributed by atoms with Gasteiger partial charge in [0.15, 0.2) is 0 Å². The van der Waals surface area contributed by atoms with Gasteiger partial charge in [0.05, 0.1) is 7.11 Å². The minimum atomic E-state index is -0.170. The number of urea groups is 1. The lowest BCUT2D eigenvalue weighted by molar-refractivity contribution is 0.238. The molecular weight excluding hydrogens is 254 g/mol. The van der Waals surface area contributed by atoms with Crippen molar-refractivity contribution in [1.82, 2.24) is 10.6 Å². The zero-order valence-corrected chi connectivity index (χ0v) is 12.1. The van der Waals surface area contributed by atoms with Gasteiger partial charge in [-0.05, 0) is 43.5 Å². The third-order valence-electron chi connectivity index (χ3n) is 3.84. The molecule has 110 valence electrons. The standard InChI is InChI=1S/C15H23N3O2/c1-11-6-7-16-9-12(11)10-17-15(19)18-13-4-3-5-14(8-13)20-2/h3-5,8,11-12,16H,6-7,9-10H2,1-2H3,(H2,17,18,19). The highest BCUT2D eigenvalue weighted by atomic mass is 16.5. The Morgan fingerprint density at radius 3 is 3.10 bits per heavy atom. The van der Waals surface area contributed by atoms with Crippen molar-refractivity contribution in [3.05, 3.63) is 24.3 Å². The molecule has 3 N–H and O–H groups in total. The zero-order chi connectivity index (χ0) is 14.4. The summed E-state index contributed by atoms with van der Waals surface area (Å²) in [5.74, 6) is 1.88. The Hall–Kier alpha value is -1.75. The van der Waals surface area contributed by atoms with Gasteiger partial charge in [0.1, 0.15) is 5.75 Å². The molecule has 1 fully saturated rings. The number of anilines is 1. The van der Waals surface area contributed by atoms with Gasteiger partial charge in [0.25, 0.3) is 0 Å². The van der Waals surface area contributed by atoms with E-state index in [4.69, 9.17) is 4.74 Å². The molecular formula is C15H23N3O2. The normalized spacial score (nSPS) is 22.1. The average Bonchev–Trinajstić information content (AvgIpc) is 2.46. The van der Waals surface area contributed by atoms with Gasteiger partial charge >= 0.3 is 6.03 Å². The third-order valence-corrected chi connectivity index (χ3v) is 3.84. The molecule has 1 aromatic carbocycles. The monoisotopic (exact) mass is 277 g/mol. The van der Waals surface area contributed by atoms with Crippen LogP contribution in [0.1, 0.15) is 13.3 Å². The van der Waals surface area contributed by atoms with Crippen LogP contribution in [0.4, 0.5) is 10.5 Å². The molecule has 1 heterocycles. The number of piperidine rings is 1. The van der Waals surface area contributed by atoms with Crippen LogP contribution in [0.15, 0.2) is 24.3 Å². The molecule has 0 aromatic heterocycles. The molecule has 0 spiro atoms. The van der Waals surface area contributed by atoms with E-state index in [9.17, 15) is 4.79 Å². The first-order valence-corrected chi connectivity index (χ1v) is 7.08. The Bertz CT molecular complexity index is 450. The summed E-state index contributed by atoms with van der Waals surface area (Å²) in [4.78, 5) is 11.9. The topological polar surface area (TPSA) is 62.4 Å². The Morgan fingerprint density at radius 2 is 2.35 bits per heavy atom. The molecule has 0 aliphatic carbocycles. The molecule has 1 aliphatic heterocycles. The molecule has 20 heavy (non-hydrogen) atoms. The van der Waals surface area contributed by atoms with E-state index in [1.165, 1.54) is 6.42 Å². The molecule has 2 rings (SSSR count). The number of hydrogen-bond donors (Lipinski definition) is 3. The van der Waals surface area contributed by atoms with Crippen molar-refractivity contribution in [2.24, 2.45) is 11.8 Å². The first kappa shape index (κ1) is 14.7. The van der Waals surface area contributed by atoms with Gasteiger partial charge in [0.2, 0.25) is 0 Å². The van der Waals surface area contributed by atoms with E-state index >= 15 is 0 Å². The van der Waals surface area contributed by atoms with Gasteiger partial charge in [-0.2, -0.15) is 0 Å². The maximum absolute atomic E-state index is 11.9. The van der Waals surface area contributed by atoms with Crippen LogP contribution in [0.25, 0.3) is 0 Å². The summed E-state index contributed by atoms with van der Waals surface area (Å²) in [7, 11) is 1.61. The Labute approximate surface area is 120 Å². The Kier molecular flexibility index (Phi) is 5.24. The van der Waals surface area contributed by atoms with Crippen LogP contribution in [0.3, 0.4) is 0 Å². The quantitative estimate of drug-likeness (QED) is 0.789. The largest absolute Gasteiger partial charge is 0.497 e. The van der Waals surface area contributed by atoms with E-state index in [1.54, 1.807) is 13.2 Å². The van der Waals surface area contributed by atoms with Crippen LogP contribution in [0.5, 0.6) is 5.75 Å². The molecule has 2 amide bonds.